The smallest absolute Gasteiger partial charge is 0.0992 e. The van der Waals surface area contributed by atoms with Crippen molar-refractivity contribution in [3.63, 3.8) is 0 Å². The molecule has 0 saturated carbocycles. The predicted octanol–water partition coefficient (Wildman–Crippen LogP) is 3.74. The number of nitriles is 1. The van der Waals surface area contributed by atoms with Gasteiger partial charge in [-0.3, -0.25) is 4.98 Å². The molecular weight excluding hydrogens is 258 g/mol. The van der Waals surface area contributed by atoms with E-state index in [0.29, 0.717) is 5.56 Å². The fourth-order valence-electron chi connectivity index (χ4n) is 2.40. The van der Waals surface area contributed by atoms with Gasteiger partial charge in [-0.15, -0.1) is 0 Å². The second-order valence-electron chi connectivity index (χ2n) is 5.05. The Bertz CT molecular complexity index is 818. The molecule has 21 heavy (non-hydrogen) atoms. The van der Waals surface area contributed by atoms with Crippen LogP contribution in [0.4, 0.5) is 5.69 Å². The molecule has 102 valence electrons. The number of aromatic nitrogens is 1. The van der Waals surface area contributed by atoms with Crippen LogP contribution in [-0.2, 0) is 6.54 Å². The van der Waals surface area contributed by atoms with E-state index in [-0.39, 0.29) is 0 Å². The van der Waals surface area contributed by atoms with Crippen LogP contribution >= 0.6 is 0 Å². The van der Waals surface area contributed by atoms with Crippen LogP contribution in [-0.4, -0.2) is 12.0 Å². The van der Waals surface area contributed by atoms with E-state index < -0.39 is 0 Å². The quantitative estimate of drug-likeness (QED) is 0.729. The topological polar surface area (TPSA) is 39.9 Å². The Hall–Kier alpha value is -2.86. The van der Waals surface area contributed by atoms with Crippen molar-refractivity contribution >= 4 is 16.6 Å². The van der Waals surface area contributed by atoms with Crippen molar-refractivity contribution in [3.05, 3.63) is 71.9 Å². The Balaban J connectivity index is 1.85. The van der Waals surface area contributed by atoms with Gasteiger partial charge in [0, 0.05) is 30.9 Å². The third kappa shape index (κ3) is 2.85. The van der Waals surface area contributed by atoms with Gasteiger partial charge in [0.15, 0.2) is 0 Å². The molecule has 3 rings (SSSR count). The average molecular weight is 273 g/mol. The summed E-state index contributed by atoms with van der Waals surface area (Å²) in [5.41, 5.74) is 3.96. The van der Waals surface area contributed by atoms with Crippen LogP contribution in [0.1, 0.15) is 11.1 Å². The van der Waals surface area contributed by atoms with Gasteiger partial charge in [-0.25, -0.2) is 0 Å². The first-order chi connectivity index (χ1) is 10.3. The van der Waals surface area contributed by atoms with E-state index in [4.69, 9.17) is 5.26 Å². The number of fused-ring (bicyclic) bond motifs is 1. The molecule has 1 heterocycles. The first kappa shape index (κ1) is 13.1. The molecule has 0 saturated heterocycles. The summed E-state index contributed by atoms with van der Waals surface area (Å²) in [5, 5.41) is 10.1. The third-order valence-electron chi connectivity index (χ3n) is 3.50. The predicted molar refractivity (Wildman–Crippen MR) is 85.0 cm³/mol. The second kappa shape index (κ2) is 5.64. The molecule has 3 aromatic rings. The SMILES string of the molecule is CN(Cc1ccc2ncccc2c1)c1cccc(C#N)c1. The molecule has 3 heteroatoms. The number of nitrogens with zero attached hydrogens (tertiary/aromatic N) is 3. The fourth-order valence-corrected chi connectivity index (χ4v) is 2.40. The zero-order valence-electron chi connectivity index (χ0n) is 11.8. The Kier molecular flexibility index (Phi) is 3.53. The zero-order chi connectivity index (χ0) is 14.7. The summed E-state index contributed by atoms with van der Waals surface area (Å²) in [6.07, 6.45) is 1.81. The molecular formula is C18H15N3. The molecule has 0 amide bonds. The second-order valence-corrected chi connectivity index (χ2v) is 5.05. The van der Waals surface area contributed by atoms with Gasteiger partial charge >= 0.3 is 0 Å². The lowest BCUT2D eigenvalue weighted by Crippen LogP contribution is -2.16. The summed E-state index contributed by atoms with van der Waals surface area (Å²) in [4.78, 5) is 6.47. The van der Waals surface area contributed by atoms with Crippen molar-refractivity contribution in [1.29, 1.82) is 5.26 Å². The molecule has 0 spiro atoms. The van der Waals surface area contributed by atoms with Gasteiger partial charge in [-0.1, -0.05) is 18.2 Å². The number of rotatable bonds is 3. The maximum absolute atomic E-state index is 8.98. The maximum atomic E-state index is 8.98. The van der Waals surface area contributed by atoms with Crippen LogP contribution < -0.4 is 4.90 Å². The molecule has 0 aliphatic heterocycles. The molecule has 1 aromatic heterocycles. The summed E-state index contributed by atoms with van der Waals surface area (Å²) in [7, 11) is 2.03. The molecule has 0 N–H and O–H groups in total. The fraction of sp³-hybridized carbons (Fsp3) is 0.111. The van der Waals surface area contributed by atoms with Crippen molar-refractivity contribution in [2.75, 3.05) is 11.9 Å². The molecule has 0 unspecified atom stereocenters. The van der Waals surface area contributed by atoms with Crippen LogP contribution in [0.25, 0.3) is 10.9 Å². The van der Waals surface area contributed by atoms with Gasteiger partial charge < -0.3 is 4.90 Å². The third-order valence-corrected chi connectivity index (χ3v) is 3.50. The lowest BCUT2D eigenvalue weighted by Gasteiger charge is -2.19. The monoisotopic (exact) mass is 273 g/mol. The summed E-state index contributed by atoms with van der Waals surface area (Å²) < 4.78 is 0. The Morgan fingerprint density at radius 3 is 2.86 bits per heavy atom. The number of pyridine rings is 1. The van der Waals surface area contributed by atoms with Crippen molar-refractivity contribution in [3.8, 4) is 6.07 Å². The van der Waals surface area contributed by atoms with Crippen LogP contribution in [0.3, 0.4) is 0 Å². The molecule has 3 nitrogen and oxygen atoms in total. The van der Waals surface area contributed by atoms with Crippen LogP contribution in [0, 0.1) is 11.3 Å². The van der Waals surface area contributed by atoms with Crippen molar-refractivity contribution in [1.82, 2.24) is 4.98 Å². The standard InChI is InChI=1S/C18H15N3/c1-21(17-6-2-4-14(11-17)12-19)13-15-7-8-18-16(10-15)5-3-9-20-18/h2-11H,13H2,1H3. The summed E-state index contributed by atoms with van der Waals surface area (Å²) in [6.45, 7) is 0.791. The highest BCUT2D eigenvalue weighted by Gasteiger charge is 2.04. The Morgan fingerprint density at radius 1 is 1.10 bits per heavy atom. The summed E-state index contributed by atoms with van der Waals surface area (Å²) in [6, 6.07) is 20.2. The molecule has 0 fully saturated rings. The van der Waals surface area contributed by atoms with Crippen molar-refractivity contribution in [2.24, 2.45) is 0 Å². The zero-order valence-corrected chi connectivity index (χ0v) is 11.8. The van der Waals surface area contributed by atoms with Crippen LogP contribution in [0.5, 0.6) is 0 Å². The minimum atomic E-state index is 0.682. The van der Waals surface area contributed by atoms with E-state index in [2.05, 4.69) is 34.2 Å². The number of hydrogen-bond donors (Lipinski definition) is 0. The van der Waals surface area contributed by atoms with E-state index in [1.54, 1.807) is 0 Å². The van der Waals surface area contributed by atoms with Crippen molar-refractivity contribution < 1.29 is 0 Å². The van der Waals surface area contributed by atoms with E-state index in [0.717, 1.165) is 23.1 Å². The van der Waals surface area contributed by atoms with Gasteiger partial charge in [0.25, 0.3) is 0 Å². The molecule has 2 aromatic carbocycles. The van der Waals surface area contributed by atoms with Crippen LogP contribution in [0.2, 0.25) is 0 Å². The summed E-state index contributed by atoms with van der Waals surface area (Å²) in [5.74, 6) is 0. The first-order valence-corrected chi connectivity index (χ1v) is 6.81. The van der Waals surface area contributed by atoms with E-state index in [9.17, 15) is 0 Å². The van der Waals surface area contributed by atoms with Gasteiger partial charge in [0.2, 0.25) is 0 Å². The van der Waals surface area contributed by atoms with Gasteiger partial charge in [0.1, 0.15) is 0 Å². The minimum absolute atomic E-state index is 0.682. The van der Waals surface area contributed by atoms with E-state index in [1.807, 2.05) is 49.6 Å². The Morgan fingerprint density at radius 2 is 2.00 bits per heavy atom. The minimum Gasteiger partial charge on any atom is -0.370 e. The molecule has 0 bridgehead atoms. The maximum Gasteiger partial charge on any atom is 0.0992 e. The molecule has 0 atom stereocenters. The average Bonchev–Trinajstić information content (AvgIpc) is 2.54. The normalized spacial score (nSPS) is 10.3. The van der Waals surface area contributed by atoms with Gasteiger partial charge in [-0.2, -0.15) is 5.26 Å². The van der Waals surface area contributed by atoms with Crippen molar-refractivity contribution in [2.45, 2.75) is 6.54 Å². The lowest BCUT2D eigenvalue weighted by atomic mass is 10.1. The number of benzene rings is 2. The van der Waals surface area contributed by atoms with E-state index in [1.165, 1.54) is 5.56 Å². The number of anilines is 1. The number of hydrogen-bond acceptors (Lipinski definition) is 3. The largest absolute Gasteiger partial charge is 0.370 e. The van der Waals surface area contributed by atoms with Gasteiger partial charge in [0.05, 0.1) is 17.1 Å². The molecule has 0 radical (unpaired) electrons. The molecule has 0 aliphatic rings. The highest BCUT2D eigenvalue weighted by atomic mass is 15.1. The highest BCUT2D eigenvalue weighted by Crippen LogP contribution is 2.19. The van der Waals surface area contributed by atoms with Crippen LogP contribution in [0.15, 0.2) is 60.8 Å². The summed E-state index contributed by atoms with van der Waals surface area (Å²) >= 11 is 0. The first-order valence-electron chi connectivity index (χ1n) is 6.81. The lowest BCUT2D eigenvalue weighted by molar-refractivity contribution is 0.924. The molecule has 0 aliphatic carbocycles. The van der Waals surface area contributed by atoms with Gasteiger partial charge in [-0.05, 0) is 42.0 Å². The highest BCUT2D eigenvalue weighted by molar-refractivity contribution is 5.79. The van der Waals surface area contributed by atoms with E-state index >= 15 is 0 Å². The Labute approximate surface area is 124 Å².